The quantitative estimate of drug-likeness (QED) is 0.877. The van der Waals surface area contributed by atoms with Crippen molar-refractivity contribution in [1.82, 2.24) is 5.32 Å². The van der Waals surface area contributed by atoms with Crippen LogP contribution < -0.4 is 10.1 Å². The van der Waals surface area contributed by atoms with E-state index in [1.54, 1.807) is 0 Å². The Hall–Kier alpha value is -0.730. The topological polar surface area (TPSA) is 21.3 Å². The maximum atomic E-state index is 5.65. The molecule has 1 aliphatic heterocycles. The van der Waals surface area contributed by atoms with Crippen LogP contribution in [0.5, 0.6) is 5.75 Å². The summed E-state index contributed by atoms with van der Waals surface area (Å²) in [6.07, 6.45) is 3.84. The largest absolute Gasteiger partial charge is 0.494 e. The molecule has 0 bridgehead atoms. The highest BCUT2D eigenvalue weighted by atomic mass is 35.5. The number of nitrogens with one attached hydrogen (secondary N) is 1. The zero-order chi connectivity index (χ0) is 10.5. The van der Waals surface area contributed by atoms with Crippen LogP contribution in [-0.4, -0.2) is 13.2 Å². The highest BCUT2D eigenvalue weighted by molar-refractivity contribution is 5.85. The van der Waals surface area contributed by atoms with Crippen molar-refractivity contribution in [1.29, 1.82) is 0 Å². The molecule has 2 rings (SSSR count). The van der Waals surface area contributed by atoms with Gasteiger partial charge in [-0.1, -0.05) is 24.6 Å². The first-order chi connectivity index (χ1) is 7.42. The van der Waals surface area contributed by atoms with Crippen LogP contribution in [0.15, 0.2) is 24.3 Å². The molecule has 1 aromatic rings. The van der Waals surface area contributed by atoms with Crippen LogP contribution in [0.3, 0.4) is 0 Å². The minimum Gasteiger partial charge on any atom is -0.494 e. The maximum absolute atomic E-state index is 5.65. The van der Waals surface area contributed by atoms with Gasteiger partial charge in [0, 0.05) is 11.6 Å². The van der Waals surface area contributed by atoms with Crippen molar-refractivity contribution in [2.24, 2.45) is 0 Å². The van der Waals surface area contributed by atoms with Crippen LogP contribution in [0.25, 0.3) is 0 Å². The van der Waals surface area contributed by atoms with Crippen molar-refractivity contribution >= 4 is 12.4 Å². The summed E-state index contributed by atoms with van der Waals surface area (Å²) in [4.78, 5) is 0. The van der Waals surface area contributed by atoms with Gasteiger partial charge >= 0.3 is 0 Å². The van der Waals surface area contributed by atoms with Gasteiger partial charge in [-0.2, -0.15) is 0 Å². The summed E-state index contributed by atoms with van der Waals surface area (Å²) in [5.74, 6) is 1.04. The third-order valence-corrected chi connectivity index (χ3v) is 2.90. The Morgan fingerprint density at radius 3 is 2.81 bits per heavy atom. The number of ether oxygens (including phenoxy) is 1. The van der Waals surface area contributed by atoms with Gasteiger partial charge in [0.2, 0.25) is 0 Å². The molecule has 1 N–H and O–H groups in total. The van der Waals surface area contributed by atoms with E-state index in [2.05, 4.69) is 23.5 Å². The molecule has 0 saturated carbocycles. The van der Waals surface area contributed by atoms with Gasteiger partial charge in [0.1, 0.15) is 5.75 Å². The van der Waals surface area contributed by atoms with E-state index in [1.165, 1.54) is 24.8 Å². The SMILES string of the molecule is CCOc1ccccc1[C@H]1CCCCN1.Cl. The Kier molecular flexibility index (Phi) is 5.64. The van der Waals surface area contributed by atoms with Gasteiger partial charge in [-0.3, -0.25) is 0 Å². The van der Waals surface area contributed by atoms with Gasteiger partial charge in [0.05, 0.1) is 6.61 Å². The summed E-state index contributed by atoms with van der Waals surface area (Å²) in [5.41, 5.74) is 1.32. The van der Waals surface area contributed by atoms with E-state index in [4.69, 9.17) is 4.74 Å². The molecule has 3 heteroatoms. The lowest BCUT2D eigenvalue weighted by molar-refractivity contribution is 0.324. The van der Waals surface area contributed by atoms with Gasteiger partial charge in [-0.05, 0) is 32.4 Å². The third kappa shape index (κ3) is 3.13. The van der Waals surface area contributed by atoms with Crippen LogP contribution in [0, 0.1) is 0 Å². The molecule has 1 atom stereocenters. The Labute approximate surface area is 104 Å². The molecule has 16 heavy (non-hydrogen) atoms. The lowest BCUT2D eigenvalue weighted by Gasteiger charge is -2.25. The smallest absolute Gasteiger partial charge is 0.124 e. The molecule has 0 amide bonds. The molecule has 1 aromatic carbocycles. The molecular formula is C13H20ClNO. The van der Waals surface area contributed by atoms with Crippen molar-refractivity contribution in [3.63, 3.8) is 0 Å². The lowest BCUT2D eigenvalue weighted by atomic mass is 9.97. The predicted octanol–water partition coefficient (Wildman–Crippen LogP) is 3.32. The van der Waals surface area contributed by atoms with Crippen molar-refractivity contribution < 1.29 is 4.74 Å². The number of rotatable bonds is 3. The highest BCUT2D eigenvalue weighted by Crippen LogP contribution is 2.30. The van der Waals surface area contributed by atoms with Gasteiger partial charge in [-0.25, -0.2) is 0 Å². The summed E-state index contributed by atoms with van der Waals surface area (Å²) >= 11 is 0. The number of benzene rings is 1. The zero-order valence-corrected chi connectivity index (χ0v) is 10.6. The van der Waals surface area contributed by atoms with Crippen LogP contribution in [0.1, 0.15) is 37.8 Å². The average molecular weight is 242 g/mol. The van der Waals surface area contributed by atoms with Gasteiger partial charge in [0.25, 0.3) is 0 Å². The summed E-state index contributed by atoms with van der Waals surface area (Å²) < 4.78 is 5.65. The number of para-hydroxylation sites is 1. The van der Waals surface area contributed by atoms with E-state index in [0.29, 0.717) is 6.04 Å². The molecule has 2 nitrogen and oxygen atoms in total. The highest BCUT2D eigenvalue weighted by Gasteiger charge is 2.17. The summed E-state index contributed by atoms with van der Waals surface area (Å²) in [7, 11) is 0. The van der Waals surface area contributed by atoms with Gasteiger partial charge in [-0.15, -0.1) is 12.4 Å². The van der Waals surface area contributed by atoms with E-state index in [0.717, 1.165) is 18.9 Å². The second kappa shape index (κ2) is 6.77. The van der Waals surface area contributed by atoms with Crippen LogP contribution in [0.4, 0.5) is 0 Å². The molecule has 0 unspecified atom stereocenters. The fourth-order valence-corrected chi connectivity index (χ4v) is 2.17. The maximum Gasteiger partial charge on any atom is 0.124 e. The molecule has 0 spiro atoms. The Morgan fingerprint density at radius 2 is 2.12 bits per heavy atom. The molecule has 0 aromatic heterocycles. The summed E-state index contributed by atoms with van der Waals surface area (Å²) in [5, 5.41) is 3.55. The van der Waals surface area contributed by atoms with Crippen LogP contribution in [0.2, 0.25) is 0 Å². The van der Waals surface area contributed by atoms with Crippen molar-refractivity contribution in [2.45, 2.75) is 32.2 Å². The molecular weight excluding hydrogens is 222 g/mol. The van der Waals surface area contributed by atoms with E-state index in [-0.39, 0.29) is 12.4 Å². The minimum atomic E-state index is 0. The number of halogens is 1. The van der Waals surface area contributed by atoms with E-state index in [9.17, 15) is 0 Å². The molecule has 1 saturated heterocycles. The van der Waals surface area contributed by atoms with E-state index >= 15 is 0 Å². The fraction of sp³-hybridized carbons (Fsp3) is 0.538. The Balaban J connectivity index is 0.00000128. The van der Waals surface area contributed by atoms with Crippen LogP contribution in [-0.2, 0) is 0 Å². The zero-order valence-electron chi connectivity index (χ0n) is 9.74. The van der Waals surface area contributed by atoms with E-state index in [1.807, 2.05) is 13.0 Å². The second-order valence-electron chi connectivity index (χ2n) is 3.97. The summed E-state index contributed by atoms with van der Waals surface area (Å²) in [6.45, 7) is 3.90. The summed E-state index contributed by atoms with van der Waals surface area (Å²) in [6, 6.07) is 8.86. The number of piperidine rings is 1. The second-order valence-corrected chi connectivity index (χ2v) is 3.97. The molecule has 0 radical (unpaired) electrons. The lowest BCUT2D eigenvalue weighted by Crippen LogP contribution is -2.27. The predicted molar refractivity (Wildman–Crippen MR) is 69.5 cm³/mol. The molecule has 90 valence electrons. The van der Waals surface area contributed by atoms with Gasteiger partial charge < -0.3 is 10.1 Å². The minimum absolute atomic E-state index is 0. The molecule has 1 fully saturated rings. The molecule has 1 aliphatic rings. The third-order valence-electron chi connectivity index (χ3n) is 2.90. The van der Waals surface area contributed by atoms with E-state index < -0.39 is 0 Å². The Morgan fingerprint density at radius 1 is 1.31 bits per heavy atom. The monoisotopic (exact) mass is 241 g/mol. The first-order valence-electron chi connectivity index (χ1n) is 5.87. The first-order valence-corrected chi connectivity index (χ1v) is 5.87. The Bertz CT molecular complexity index is 311. The average Bonchev–Trinajstić information content (AvgIpc) is 2.31. The number of hydrogen-bond donors (Lipinski definition) is 1. The molecule has 0 aliphatic carbocycles. The first kappa shape index (κ1) is 13.3. The van der Waals surface area contributed by atoms with Crippen molar-refractivity contribution in [3.8, 4) is 5.75 Å². The normalized spacial score (nSPS) is 19.9. The number of hydrogen-bond acceptors (Lipinski definition) is 2. The van der Waals surface area contributed by atoms with Crippen molar-refractivity contribution in [3.05, 3.63) is 29.8 Å². The standard InChI is InChI=1S/C13H19NO.ClH/c1-2-15-13-9-4-3-7-11(13)12-8-5-6-10-14-12;/h3-4,7,9,12,14H,2,5-6,8,10H2,1H3;1H/t12-;/m1./s1. The molecule has 1 heterocycles. The van der Waals surface area contributed by atoms with Crippen molar-refractivity contribution in [2.75, 3.05) is 13.2 Å². The van der Waals surface area contributed by atoms with Gasteiger partial charge in [0.15, 0.2) is 0 Å². The fourth-order valence-electron chi connectivity index (χ4n) is 2.17. The van der Waals surface area contributed by atoms with Crippen LogP contribution >= 0.6 is 12.4 Å².